The fourth-order valence-electron chi connectivity index (χ4n) is 2.39. The van der Waals surface area contributed by atoms with Crippen LogP contribution in [0.1, 0.15) is 37.4 Å². The standard InChI is InChI=1S/C18H22BrNO/c1-4-17(14-7-6-8-15(19)12-14)20-18-10-9-16(21-5-2)11-13(18)3/h6-12,17,20H,4-5H2,1-3H3. The van der Waals surface area contributed by atoms with Crippen molar-refractivity contribution >= 4 is 21.6 Å². The minimum absolute atomic E-state index is 0.305. The third-order valence-electron chi connectivity index (χ3n) is 3.50. The Hall–Kier alpha value is -1.48. The molecule has 2 aromatic carbocycles. The highest BCUT2D eigenvalue weighted by molar-refractivity contribution is 9.10. The van der Waals surface area contributed by atoms with Gasteiger partial charge in [-0.15, -0.1) is 0 Å². The van der Waals surface area contributed by atoms with Gasteiger partial charge in [0.05, 0.1) is 12.6 Å². The van der Waals surface area contributed by atoms with Gasteiger partial charge in [-0.25, -0.2) is 0 Å². The second-order valence-electron chi connectivity index (χ2n) is 5.07. The van der Waals surface area contributed by atoms with Gasteiger partial charge in [-0.2, -0.15) is 0 Å². The summed E-state index contributed by atoms with van der Waals surface area (Å²) in [4.78, 5) is 0. The molecule has 1 N–H and O–H groups in total. The molecule has 1 unspecified atom stereocenters. The third-order valence-corrected chi connectivity index (χ3v) is 3.99. The summed E-state index contributed by atoms with van der Waals surface area (Å²) in [5.41, 5.74) is 3.65. The molecule has 0 fully saturated rings. The number of rotatable bonds is 6. The molecular formula is C18H22BrNO. The highest BCUT2D eigenvalue weighted by Gasteiger charge is 2.11. The number of ether oxygens (including phenoxy) is 1. The van der Waals surface area contributed by atoms with Crippen LogP contribution in [0, 0.1) is 6.92 Å². The van der Waals surface area contributed by atoms with Crippen molar-refractivity contribution in [2.75, 3.05) is 11.9 Å². The van der Waals surface area contributed by atoms with E-state index < -0.39 is 0 Å². The van der Waals surface area contributed by atoms with E-state index in [4.69, 9.17) is 4.74 Å². The minimum Gasteiger partial charge on any atom is -0.494 e. The van der Waals surface area contributed by atoms with Gasteiger partial charge in [0.1, 0.15) is 5.75 Å². The second kappa shape index (κ2) is 7.51. The Labute approximate surface area is 135 Å². The van der Waals surface area contributed by atoms with Gasteiger partial charge < -0.3 is 10.1 Å². The summed E-state index contributed by atoms with van der Waals surface area (Å²) in [5.74, 6) is 0.927. The van der Waals surface area contributed by atoms with E-state index in [0.29, 0.717) is 12.6 Å². The summed E-state index contributed by atoms with van der Waals surface area (Å²) in [6, 6.07) is 15.0. The number of hydrogen-bond donors (Lipinski definition) is 1. The van der Waals surface area contributed by atoms with Crippen LogP contribution >= 0.6 is 15.9 Å². The monoisotopic (exact) mass is 347 g/mol. The number of anilines is 1. The van der Waals surface area contributed by atoms with Crippen LogP contribution in [-0.4, -0.2) is 6.61 Å². The maximum absolute atomic E-state index is 5.54. The van der Waals surface area contributed by atoms with Gasteiger partial charge in [0, 0.05) is 10.2 Å². The molecule has 0 aromatic heterocycles. The van der Waals surface area contributed by atoms with Gasteiger partial charge in [0.15, 0.2) is 0 Å². The van der Waals surface area contributed by atoms with Crippen molar-refractivity contribution < 1.29 is 4.74 Å². The van der Waals surface area contributed by atoms with E-state index in [1.54, 1.807) is 0 Å². The number of benzene rings is 2. The molecule has 0 radical (unpaired) electrons. The first kappa shape index (κ1) is 15.9. The Morgan fingerprint density at radius 1 is 1.14 bits per heavy atom. The molecule has 21 heavy (non-hydrogen) atoms. The van der Waals surface area contributed by atoms with Gasteiger partial charge in [-0.1, -0.05) is 35.0 Å². The molecule has 0 amide bonds. The van der Waals surface area contributed by atoms with Crippen LogP contribution in [0.3, 0.4) is 0 Å². The van der Waals surface area contributed by atoms with E-state index in [1.807, 2.05) is 13.0 Å². The van der Waals surface area contributed by atoms with Crippen LogP contribution in [0.15, 0.2) is 46.9 Å². The molecule has 0 aliphatic heterocycles. The van der Waals surface area contributed by atoms with Crippen LogP contribution in [0.4, 0.5) is 5.69 Å². The summed E-state index contributed by atoms with van der Waals surface area (Å²) >= 11 is 3.54. The molecule has 2 rings (SSSR count). The molecule has 0 saturated heterocycles. The lowest BCUT2D eigenvalue weighted by Crippen LogP contribution is -2.10. The van der Waals surface area contributed by atoms with E-state index in [9.17, 15) is 0 Å². The van der Waals surface area contributed by atoms with Gasteiger partial charge in [0.25, 0.3) is 0 Å². The van der Waals surface area contributed by atoms with Crippen molar-refractivity contribution in [3.05, 3.63) is 58.1 Å². The van der Waals surface area contributed by atoms with E-state index in [0.717, 1.165) is 22.3 Å². The average Bonchev–Trinajstić information content (AvgIpc) is 2.47. The van der Waals surface area contributed by atoms with Crippen LogP contribution < -0.4 is 10.1 Å². The van der Waals surface area contributed by atoms with Crippen molar-refractivity contribution in [2.24, 2.45) is 0 Å². The van der Waals surface area contributed by atoms with E-state index in [1.165, 1.54) is 11.1 Å². The number of halogens is 1. The van der Waals surface area contributed by atoms with Gasteiger partial charge in [-0.3, -0.25) is 0 Å². The summed E-state index contributed by atoms with van der Waals surface area (Å²) in [5, 5.41) is 3.63. The first-order chi connectivity index (χ1) is 10.1. The quantitative estimate of drug-likeness (QED) is 0.721. The number of nitrogens with one attached hydrogen (secondary N) is 1. The summed E-state index contributed by atoms with van der Waals surface area (Å²) in [7, 11) is 0. The molecule has 0 saturated carbocycles. The third kappa shape index (κ3) is 4.24. The van der Waals surface area contributed by atoms with Gasteiger partial charge >= 0.3 is 0 Å². The van der Waals surface area contributed by atoms with Crippen LogP contribution in [0.2, 0.25) is 0 Å². The van der Waals surface area contributed by atoms with Crippen molar-refractivity contribution in [3.63, 3.8) is 0 Å². The number of hydrogen-bond acceptors (Lipinski definition) is 2. The Kier molecular flexibility index (Phi) is 5.68. The smallest absolute Gasteiger partial charge is 0.119 e. The Balaban J connectivity index is 2.19. The Morgan fingerprint density at radius 2 is 1.95 bits per heavy atom. The molecule has 3 heteroatoms. The fraction of sp³-hybridized carbons (Fsp3) is 0.333. The van der Waals surface area contributed by atoms with Crippen molar-refractivity contribution in [3.8, 4) is 5.75 Å². The lowest BCUT2D eigenvalue weighted by molar-refractivity contribution is 0.340. The molecule has 0 spiro atoms. The molecule has 0 aliphatic rings. The molecular weight excluding hydrogens is 326 g/mol. The first-order valence-corrected chi connectivity index (χ1v) is 8.18. The topological polar surface area (TPSA) is 21.3 Å². The van der Waals surface area contributed by atoms with Crippen molar-refractivity contribution in [2.45, 2.75) is 33.2 Å². The van der Waals surface area contributed by atoms with Gasteiger partial charge in [-0.05, 0) is 61.7 Å². The average molecular weight is 348 g/mol. The normalized spacial score (nSPS) is 12.0. The SMILES string of the molecule is CCOc1ccc(NC(CC)c2cccc(Br)c2)c(C)c1. The molecule has 112 valence electrons. The predicted octanol–water partition coefficient (Wildman–Crippen LogP) is 5.72. The van der Waals surface area contributed by atoms with Gasteiger partial charge in [0.2, 0.25) is 0 Å². The zero-order chi connectivity index (χ0) is 15.2. The minimum atomic E-state index is 0.305. The number of aryl methyl sites for hydroxylation is 1. The van der Waals surface area contributed by atoms with Crippen LogP contribution in [0.25, 0.3) is 0 Å². The molecule has 2 aromatic rings. The highest BCUT2D eigenvalue weighted by Crippen LogP contribution is 2.28. The lowest BCUT2D eigenvalue weighted by atomic mass is 10.0. The first-order valence-electron chi connectivity index (χ1n) is 7.39. The zero-order valence-corrected chi connectivity index (χ0v) is 14.4. The van der Waals surface area contributed by atoms with E-state index >= 15 is 0 Å². The molecule has 2 nitrogen and oxygen atoms in total. The summed E-state index contributed by atoms with van der Waals surface area (Å²) < 4.78 is 6.65. The van der Waals surface area contributed by atoms with Crippen LogP contribution in [0.5, 0.6) is 5.75 Å². The van der Waals surface area contributed by atoms with E-state index in [2.05, 4.69) is 71.5 Å². The van der Waals surface area contributed by atoms with Crippen molar-refractivity contribution in [1.82, 2.24) is 0 Å². The Morgan fingerprint density at radius 3 is 2.57 bits per heavy atom. The van der Waals surface area contributed by atoms with Crippen molar-refractivity contribution in [1.29, 1.82) is 0 Å². The maximum Gasteiger partial charge on any atom is 0.119 e. The zero-order valence-electron chi connectivity index (χ0n) is 12.8. The summed E-state index contributed by atoms with van der Waals surface area (Å²) in [6.07, 6.45) is 1.03. The highest BCUT2D eigenvalue weighted by atomic mass is 79.9. The molecule has 1 atom stereocenters. The molecule has 0 aliphatic carbocycles. The summed E-state index contributed by atoms with van der Waals surface area (Å²) in [6.45, 7) is 7.00. The Bertz CT molecular complexity index is 598. The fourth-order valence-corrected chi connectivity index (χ4v) is 2.80. The second-order valence-corrected chi connectivity index (χ2v) is 5.99. The molecule has 0 heterocycles. The van der Waals surface area contributed by atoms with Crippen LogP contribution in [-0.2, 0) is 0 Å². The largest absolute Gasteiger partial charge is 0.494 e. The maximum atomic E-state index is 5.54. The predicted molar refractivity (Wildman–Crippen MR) is 93.1 cm³/mol. The lowest BCUT2D eigenvalue weighted by Gasteiger charge is -2.21. The van der Waals surface area contributed by atoms with E-state index in [-0.39, 0.29) is 0 Å². The molecule has 0 bridgehead atoms.